The molecule has 5 nitrogen and oxygen atoms in total. The van der Waals surface area contributed by atoms with Crippen LogP contribution >= 0.6 is 0 Å². The van der Waals surface area contributed by atoms with Gasteiger partial charge in [0.1, 0.15) is 5.56 Å². The zero-order valence-corrected chi connectivity index (χ0v) is 12.0. The summed E-state index contributed by atoms with van der Waals surface area (Å²) < 4.78 is 4.62. The van der Waals surface area contributed by atoms with Gasteiger partial charge in [0.15, 0.2) is 0 Å². The third-order valence-electron chi connectivity index (χ3n) is 3.96. The lowest BCUT2D eigenvalue weighted by Gasteiger charge is -2.28. The third-order valence-corrected chi connectivity index (χ3v) is 3.96. The van der Waals surface area contributed by atoms with E-state index in [4.69, 9.17) is 0 Å². The van der Waals surface area contributed by atoms with Crippen LogP contribution in [0.5, 0.6) is 0 Å². The van der Waals surface area contributed by atoms with Gasteiger partial charge in [-0.15, -0.1) is 0 Å². The Bertz CT molecular complexity index is 730. The number of hydrogen-bond donors (Lipinski definition) is 1. The van der Waals surface area contributed by atoms with Crippen LogP contribution in [0.25, 0.3) is 10.9 Å². The number of methoxy groups -OCH3 is 1. The van der Waals surface area contributed by atoms with Gasteiger partial charge in [-0.25, -0.2) is 4.79 Å². The van der Waals surface area contributed by atoms with E-state index in [9.17, 15) is 9.59 Å². The average Bonchev–Trinajstić information content (AvgIpc) is 2.53. The first kappa shape index (κ1) is 13.7. The number of aromatic amines is 1. The highest BCUT2D eigenvalue weighted by atomic mass is 16.5. The fourth-order valence-electron chi connectivity index (χ4n) is 2.80. The number of piperidine rings is 1. The lowest BCUT2D eigenvalue weighted by atomic mass is 10.1. The highest BCUT2D eigenvalue weighted by Gasteiger charge is 2.14. The van der Waals surface area contributed by atoms with E-state index in [1.165, 1.54) is 26.4 Å². The van der Waals surface area contributed by atoms with Gasteiger partial charge >= 0.3 is 5.97 Å². The van der Waals surface area contributed by atoms with E-state index in [-0.39, 0.29) is 5.56 Å². The Morgan fingerprint density at radius 1 is 1.19 bits per heavy atom. The molecule has 1 aromatic heterocycles. The molecule has 1 N–H and O–H groups in total. The molecule has 1 aliphatic heterocycles. The van der Waals surface area contributed by atoms with Gasteiger partial charge < -0.3 is 14.6 Å². The first-order valence-corrected chi connectivity index (χ1v) is 7.19. The Kier molecular flexibility index (Phi) is 3.64. The zero-order valence-electron chi connectivity index (χ0n) is 12.0. The minimum Gasteiger partial charge on any atom is -0.465 e. The Morgan fingerprint density at radius 2 is 1.95 bits per heavy atom. The average molecular weight is 286 g/mol. The highest BCUT2D eigenvalue weighted by molar-refractivity contribution is 5.94. The van der Waals surface area contributed by atoms with Crippen LogP contribution in [0.15, 0.2) is 29.1 Å². The molecule has 1 fully saturated rings. The van der Waals surface area contributed by atoms with Gasteiger partial charge in [-0.05, 0) is 42.8 Å². The molecule has 0 radical (unpaired) electrons. The van der Waals surface area contributed by atoms with E-state index in [2.05, 4.69) is 14.6 Å². The smallest absolute Gasteiger partial charge is 0.343 e. The van der Waals surface area contributed by atoms with Crippen molar-refractivity contribution >= 4 is 22.6 Å². The summed E-state index contributed by atoms with van der Waals surface area (Å²) in [4.78, 5) is 28.6. The monoisotopic (exact) mass is 286 g/mol. The van der Waals surface area contributed by atoms with Gasteiger partial charge in [0.05, 0.1) is 12.6 Å². The zero-order chi connectivity index (χ0) is 14.8. The number of ether oxygens (including phenoxy) is 1. The van der Waals surface area contributed by atoms with Crippen molar-refractivity contribution in [3.8, 4) is 0 Å². The molecule has 1 aromatic carbocycles. The SMILES string of the molecule is COC(=O)c1cc2ccc(N3CCCCC3)cc2[nH]c1=O. The number of rotatable bonds is 2. The van der Waals surface area contributed by atoms with Crippen molar-refractivity contribution in [3.63, 3.8) is 0 Å². The number of pyridine rings is 1. The Balaban J connectivity index is 2.02. The maximum atomic E-state index is 12.0. The van der Waals surface area contributed by atoms with Crippen LogP contribution in [0, 0.1) is 0 Å². The van der Waals surface area contributed by atoms with Crippen molar-refractivity contribution in [1.29, 1.82) is 0 Å². The number of carbonyl (C=O) groups excluding carboxylic acids is 1. The van der Waals surface area contributed by atoms with Crippen molar-refractivity contribution in [2.75, 3.05) is 25.1 Å². The quantitative estimate of drug-likeness (QED) is 0.861. The molecule has 2 aromatic rings. The van der Waals surface area contributed by atoms with Crippen LogP contribution in [-0.2, 0) is 4.74 Å². The van der Waals surface area contributed by atoms with Crippen LogP contribution in [0.4, 0.5) is 5.69 Å². The Morgan fingerprint density at radius 3 is 2.67 bits per heavy atom. The molecule has 1 saturated heterocycles. The number of benzene rings is 1. The van der Waals surface area contributed by atoms with Crippen LogP contribution < -0.4 is 10.5 Å². The number of nitrogens with zero attached hydrogens (tertiary/aromatic N) is 1. The molecule has 2 heterocycles. The van der Waals surface area contributed by atoms with Crippen molar-refractivity contribution in [2.45, 2.75) is 19.3 Å². The number of carbonyl (C=O) groups is 1. The number of esters is 1. The standard InChI is InChI=1S/C16H18N2O3/c1-21-16(20)13-9-11-5-6-12(10-14(11)17-15(13)19)18-7-3-2-4-8-18/h5-6,9-10H,2-4,7-8H2,1H3,(H,17,19). The second kappa shape index (κ2) is 5.60. The molecule has 0 amide bonds. The van der Waals surface area contributed by atoms with Crippen LogP contribution in [-0.4, -0.2) is 31.2 Å². The molecular formula is C16H18N2O3. The summed E-state index contributed by atoms with van der Waals surface area (Å²) in [7, 11) is 1.27. The van der Waals surface area contributed by atoms with E-state index in [0.717, 1.165) is 29.7 Å². The second-order valence-electron chi connectivity index (χ2n) is 5.32. The van der Waals surface area contributed by atoms with Gasteiger partial charge in [-0.2, -0.15) is 0 Å². The lowest BCUT2D eigenvalue weighted by molar-refractivity contribution is 0.0599. The fraction of sp³-hybridized carbons (Fsp3) is 0.375. The van der Waals surface area contributed by atoms with Crippen LogP contribution in [0.2, 0.25) is 0 Å². The summed E-state index contributed by atoms with van der Waals surface area (Å²) in [6.45, 7) is 2.10. The molecular weight excluding hydrogens is 268 g/mol. The number of nitrogens with one attached hydrogen (secondary N) is 1. The predicted molar refractivity (Wildman–Crippen MR) is 82.0 cm³/mol. The normalized spacial score (nSPS) is 15.2. The van der Waals surface area contributed by atoms with Gasteiger partial charge in [0, 0.05) is 18.8 Å². The minimum atomic E-state index is -0.613. The number of H-pyrrole nitrogens is 1. The highest BCUT2D eigenvalue weighted by Crippen LogP contribution is 2.23. The third kappa shape index (κ3) is 2.63. The first-order valence-electron chi connectivity index (χ1n) is 7.19. The van der Waals surface area contributed by atoms with E-state index >= 15 is 0 Å². The molecule has 0 aliphatic carbocycles. The summed E-state index contributed by atoms with van der Waals surface area (Å²) in [6.07, 6.45) is 3.69. The molecule has 5 heteroatoms. The molecule has 0 spiro atoms. The molecule has 21 heavy (non-hydrogen) atoms. The summed E-state index contributed by atoms with van der Waals surface area (Å²) in [5.41, 5.74) is 1.49. The number of anilines is 1. The summed E-state index contributed by atoms with van der Waals surface area (Å²) in [5.74, 6) is -0.613. The van der Waals surface area contributed by atoms with Gasteiger partial charge in [0.2, 0.25) is 0 Å². The first-order chi connectivity index (χ1) is 10.2. The van der Waals surface area contributed by atoms with Crippen LogP contribution in [0.1, 0.15) is 29.6 Å². The predicted octanol–water partition coefficient (Wildman–Crippen LogP) is 2.30. The van der Waals surface area contributed by atoms with E-state index < -0.39 is 11.5 Å². The van der Waals surface area contributed by atoms with E-state index in [1.807, 2.05) is 18.2 Å². The minimum absolute atomic E-state index is 0.0377. The molecule has 0 unspecified atom stereocenters. The maximum Gasteiger partial charge on any atom is 0.343 e. The Labute approximate surface area is 122 Å². The summed E-state index contributed by atoms with van der Waals surface area (Å²) in [5, 5.41) is 0.829. The summed E-state index contributed by atoms with van der Waals surface area (Å²) in [6, 6.07) is 7.53. The van der Waals surface area contributed by atoms with Crippen molar-refractivity contribution in [1.82, 2.24) is 4.98 Å². The van der Waals surface area contributed by atoms with Crippen LogP contribution in [0.3, 0.4) is 0 Å². The second-order valence-corrected chi connectivity index (χ2v) is 5.32. The van der Waals surface area contributed by atoms with Crippen molar-refractivity contribution < 1.29 is 9.53 Å². The molecule has 0 saturated carbocycles. The molecule has 3 rings (SSSR count). The number of aromatic nitrogens is 1. The largest absolute Gasteiger partial charge is 0.465 e. The maximum absolute atomic E-state index is 12.0. The molecule has 110 valence electrons. The molecule has 0 atom stereocenters. The van der Waals surface area contributed by atoms with Gasteiger partial charge in [0.25, 0.3) is 5.56 Å². The fourth-order valence-corrected chi connectivity index (χ4v) is 2.80. The Hall–Kier alpha value is -2.30. The van der Waals surface area contributed by atoms with Crippen molar-refractivity contribution in [3.05, 3.63) is 40.2 Å². The molecule has 0 bridgehead atoms. The van der Waals surface area contributed by atoms with E-state index in [1.54, 1.807) is 6.07 Å². The lowest BCUT2D eigenvalue weighted by Crippen LogP contribution is -2.29. The number of hydrogen-bond acceptors (Lipinski definition) is 4. The van der Waals surface area contributed by atoms with Gasteiger partial charge in [-0.1, -0.05) is 6.07 Å². The molecule has 1 aliphatic rings. The summed E-state index contributed by atoms with van der Waals surface area (Å²) >= 11 is 0. The van der Waals surface area contributed by atoms with Gasteiger partial charge in [-0.3, -0.25) is 4.79 Å². The topological polar surface area (TPSA) is 62.4 Å². The number of fused-ring (bicyclic) bond motifs is 1. The van der Waals surface area contributed by atoms with E-state index in [0.29, 0.717) is 0 Å². The van der Waals surface area contributed by atoms with Crippen molar-refractivity contribution in [2.24, 2.45) is 0 Å².